The third-order valence-corrected chi connectivity index (χ3v) is 4.80. The monoisotopic (exact) mass is 341 g/mol. The first kappa shape index (κ1) is 16.4. The van der Waals surface area contributed by atoms with Crippen molar-refractivity contribution in [3.63, 3.8) is 0 Å². The lowest BCUT2D eigenvalue weighted by Gasteiger charge is -2.13. The SMILES string of the molecule is CC(C)(C)c1ncc(C(=O)NCc2ncc(-c3ccccc3)o2)s1. The summed E-state index contributed by atoms with van der Waals surface area (Å²) in [5, 5.41) is 3.76. The Kier molecular flexibility index (Phi) is 4.49. The minimum atomic E-state index is -0.164. The molecule has 0 saturated carbocycles. The molecule has 24 heavy (non-hydrogen) atoms. The third-order valence-electron chi connectivity index (χ3n) is 3.38. The van der Waals surface area contributed by atoms with Crippen LogP contribution in [0.3, 0.4) is 0 Å². The summed E-state index contributed by atoms with van der Waals surface area (Å²) in [6.07, 6.45) is 3.28. The van der Waals surface area contributed by atoms with Crippen molar-refractivity contribution in [2.75, 3.05) is 0 Å². The van der Waals surface area contributed by atoms with Crippen molar-refractivity contribution in [3.8, 4) is 11.3 Å². The molecule has 0 radical (unpaired) electrons. The van der Waals surface area contributed by atoms with Crippen LogP contribution in [0.2, 0.25) is 0 Å². The molecule has 0 aliphatic heterocycles. The number of thiazole rings is 1. The maximum atomic E-state index is 12.2. The normalized spacial score (nSPS) is 11.5. The van der Waals surface area contributed by atoms with Gasteiger partial charge in [-0.15, -0.1) is 11.3 Å². The van der Waals surface area contributed by atoms with Gasteiger partial charge < -0.3 is 9.73 Å². The van der Waals surface area contributed by atoms with E-state index in [1.165, 1.54) is 11.3 Å². The van der Waals surface area contributed by atoms with Crippen LogP contribution in [-0.4, -0.2) is 15.9 Å². The van der Waals surface area contributed by atoms with Crippen molar-refractivity contribution in [1.29, 1.82) is 0 Å². The summed E-state index contributed by atoms with van der Waals surface area (Å²) < 4.78 is 5.68. The predicted octanol–water partition coefficient (Wildman–Crippen LogP) is 4.03. The van der Waals surface area contributed by atoms with Crippen LogP contribution >= 0.6 is 11.3 Å². The lowest BCUT2D eigenvalue weighted by Crippen LogP contribution is -2.21. The highest BCUT2D eigenvalue weighted by atomic mass is 32.1. The van der Waals surface area contributed by atoms with Gasteiger partial charge in [0.2, 0.25) is 5.89 Å². The number of nitrogens with one attached hydrogen (secondary N) is 1. The Balaban J connectivity index is 1.63. The van der Waals surface area contributed by atoms with Crippen LogP contribution in [0.25, 0.3) is 11.3 Å². The second-order valence-corrected chi connectivity index (χ2v) is 7.48. The summed E-state index contributed by atoms with van der Waals surface area (Å²) in [5.41, 5.74) is 0.899. The molecule has 1 N–H and O–H groups in total. The van der Waals surface area contributed by atoms with Gasteiger partial charge in [0, 0.05) is 11.0 Å². The fourth-order valence-corrected chi connectivity index (χ4v) is 2.99. The van der Waals surface area contributed by atoms with Gasteiger partial charge in [0.1, 0.15) is 4.88 Å². The Bertz CT molecular complexity index is 831. The molecule has 1 aromatic carbocycles. The number of nitrogens with zero attached hydrogens (tertiary/aromatic N) is 2. The molecule has 0 fully saturated rings. The van der Waals surface area contributed by atoms with Gasteiger partial charge >= 0.3 is 0 Å². The van der Waals surface area contributed by atoms with Crippen LogP contribution in [0.1, 0.15) is 41.3 Å². The van der Waals surface area contributed by atoms with E-state index in [1.54, 1.807) is 12.4 Å². The number of aromatic nitrogens is 2. The van der Waals surface area contributed by atoms with Gasteiger partial charge in [0.25, 0.3) is 5.91 Å². The Hall–Kier alpha value is -2.47. The van der Waals surface area contributed by atoms with Gasteiger partial charge in [-0.25, -0.2) is 9.97 Å². The second kappa shape index (κ2) is 6.57. The lowest BCUT2D eigenvalue weighted by atomic mass is 9.98. The number of carbonyl (C=O) groups is 1. The smallest absolute Gasteiger partial charge is 0.263 e. The molecule has 5 nitrogen and oxygen atoms in total. The molecule has 0 spiro atoms. The molecule has 2 heterocycles. The van der Waals surface area contributed by atoms with E-state index >= 15 is 0 Å². The van der Waals surface area contributed by atoms with E-state index in [-0.39, 0.29) is 17.9 Å². The van der Waals surface area contributed by atoms with Gasteiger partial charge in [-0.05, 0) is 0 Å². The molecule has 0 unspecified atom stereocenters. The summed E-state index contributed by atoms with van der Waals surface area (Å²) in [6, 6.07) is 9.73. The first-order valence-corrected chi connectivity index (χ1v) is 8.50. The van der Waals surface area contributed by atoms with E-state index in [0.717, 1.165) is 10.6 Å². The first-order chi connectivity index (χ1) is 11.4. The zero-order valence-corrected chi connectivity index (χ0v) is 14.7. The van der Waals surface area contributed by atoms with Crippen LogP contribution in [-0.2, 0) is 12.0 Å². The van der Waals surface area contributed by atoms with E-state index < -0.39 is 0 Å². The highest BCUT2D eigenvalue weighted by Gasteiger charge is 2.20. The summed E-state index contributed by atoms with van der Waals surface area (Å²) in [7, 11) is 0. The predicted molar refractivity (Wildman–Crippen MR) is 93.9 cm³/mol. The fraction of sp³-hybridized carbons (Fsp3) is 0.278. The van der Waals surface area contributed by atoms with Crippen molar-refractivity contribution in [2.45, 2.75) is 32.7 Å². The molecular weight excluding hydrogens is 322 g/mol. The van der Waals surface area contributed by atoms with Crippen molar-refractivity contribution in [1.82, 2.24) is 15.3 Å². The molecule has 0 bridgehead atoms. The zero-order valence-electron chi connectivity index (χ0n) is 13.9. The van der Waals surface area contributed by atoms with E-state index in [4.69, 9.17) is 4.42 Å². The number of oxazole rings is 1. The van der Waals surface area contributed by atoms with Crippen molar-refractivity contribution in [2.24, 2.45) is 0 Å². The molecule has 6 heteroatoms. The summed E-state index contributed by atoms with van der Waals surface area (Å²) in [6.45, 7) is 6.47. The Morgan fingerprint density at radius 2 is 1.92 bits per heavy atom. The maximum absolute atomic E-state index is 12.2. The van der Waals surface area contributed by atoms with Crippen LogP contribution in [0, 0.1) is 0 Å². The van der Waals surface area contributed by atoms with E-state index in [9.17, 15) is 4.79 Å². The molecule has 0 aliphatic carbocycles. The molecule has 1 amide bonds. The number of hydrogen-bond donors (Lipinski definition) is 1. The van der Waals surface area contributed by atoms with E-state index in [2.05, 4.69) is 36.1 Å². The fourth-order valence-electron chi connectivity index (χ4n) is 2.10. The molecule has 124 valence electrons. The summed E-state index contributed by atoms with van der Waals surface area (Å²) in [5.74, 6) is 0.998. The lowest BCUT2D eigenvalue weighted by molar-refractivity contribution is 0.0951. The minimum Gasteiger partial charge on any atom is -0.439 e. The zero-order chi connectivity index (χ0) is 17.2. The summed E-state index contributed by atoms with van der Waals surface area (Å²) in [4.78, 5) is 21.4. The van der Waals surface area contributed by atoms with E-state index in [1.807, 2.05) is 30.3 Å². The van der Waals surface area contributed by atoms with Crippen molar-refractivity contribution < 1.29 is 9.21 Å². The molecule has 0 atom stereocenters. The van der Waals surface area contributed by atoms with Gasteiger partial charge in [-0.1, -0.05) is 51.1 Å². The molecular formula is C18H19N3O2S. The Morgan fingerprint density at radius 1 is 1.17 bits per heavy atom. The van der Waals surface area contributed by atoms with Gasteiger partial charge in [-0.2, -0.15) is 0 Å². The molecule has 0 saturated heterocycles. The second-order valence-electron chi connectivity index (χ2n) is 6.45. The third kappa shape index (κ3) is 3.71. The van der Waals surface area contributed by atoms with Crippen molar-refractivity contribution in [3.05, 3.63) is 58.5 Å². The van der Waals surface area contributed by atoms with Crippen LogP contribution < -0.4 is 5.32 Å². The molecule has 0 aliphatic rings. The number of amides is 1. The largest absolute Gasteiger partial charge is 0.439 e. The van der Waals surface area contributed by atoms with Crippen LogP contribution in [0.5, 0.6) is 0 Å². The summed E-state index contributed by atoms with van der Waals surface area (Å²) >= 11 is 1.41. The van der Waals surface area contributed by atoms with Gasteiger partial charge in [0.15, 0.2) is 5.76 Å². The van der Waals surface area contributed by atoms with E-state index in [0.29, 0.717) is 16.5 Å². The topological polar surface area (TPSA) is 68.0 Å². The average Bonchev–Trinajstić information content (AvgIpc) is 3.22. The first-order valence-electron chi connectivity index (χ1n) is 7.68. The quantitative estimate of drug-likeness (QED) is 0.778. The highest BCUT2D eigenvalue weighted by Crippen LogP contribution is 2.26. The number of benzene rings is 1. The van der Waals surface area contributed by atoms with Crippen molar-refractivity contribution >= 4 is 17.2 Å². The van der Waals surface area contributed by atoms with Crippen LogP contribution in [0.4, 0.5) is 0 Å². The standard InChI is InChI=1S/C18H19N3O2S/c1-18(2,3)17-21-10-14(24-17)16(22)20-11-15-19-9-13(23-15)12-7-5-4-6-8-12/h4-10H,11H2,1-3H3,(H,20,22). The number of hydrogen-bond acceptors (Lipinski definition) is 5. The number of rotatable bonds is 4. The maximum Gasteiger partial charge on any atom is 0.263 e. The molecule has 2 aromatic heterocycles. The van der Waals surface area contributed by atoms with Gasteiger partial charge in [-0.3, -0.25) is 4.79 Å². The molecule has 3 rings (SSSR count). The van der Waals surface area contributed by atoms with Gasteiger partial charge in [0.05, 0.1) is 23.9 Å². The highest BCUT2D eigenvalue weighted by molar-refractivity contribution is 7.13. The average molecular weight is 341 g/mol. The Labute approximate surface area is 144 Å². The number of carbonyl (C=O) groups excluding carboxylic acids is 1. The van der Waals surface area contributed by atoms with Crippen LogP contribution in [0.15, 0.2) is 47.1 Å². The Morgan fingerprint density at radius 3 is 2.58 bits per heavy atom. The molecule has 3 aromatic rings. The minimum absolute atomic E-state index is 0.0592.